The molecule has 12 heteroatoms. The molecule has 0 radical (unpaired) electrons. The lowest BCUT2D eigenvalue weighted by Gasteiger charge is -2.53. The van der Waals surface area contributed by atoms with Crippen molar-refractivity contribution in [3.63, 3.8) is 0 Å². The molecule has 3 aliphatic heterocycles. The van der Waals surface area contributed by atoms with E-state index in [2.05, 4.69) is 20.5 Å². The van der Waals surface area contributed by atoms with Gasteiger partial charge in [-0.2, -0.15) is 0 Å². The van der Waals surface area contributed by atoms with E-state index in [4.69, 9.17) is 14.5 Å². The molecular weight excluding hydrogens is 665 g/mol. The van der Waals surface area contributed by atoms with Gasteiger partial charge in [0.05, 0.1) is 33.2 Å². The van der Waals surface area contributed by atoms with E-state index in [1.165, 1.54) is 11.3 Å². The Hall–Kier alpha value is -4.65. The molecule has 51 heavy (non-hydrogen) atoms. The van der Waals surface area contributed by atoms with Crippen molar-refractivity contribution in [2.75, 3.05) is 61.7 Å². The zero-order chi connectivity index (χ0) is 35.2. The van der Waals surface area contributed by atoms with Crippen LogP contribution < -0.4 is 20.4 Å². The highest BCUT2D eigenvalue weighted by atomic mass is 32.1. The molecule has 1 aliphatic carbocycles. The van der Waals surface area contributed by atoms with Crippen LogP contribution in [0.3, 0.4) is 0 Å². The molecule has 0 unspecified atom stereocenters. The number of nitrogens with zero attached hydrogens (tertiary/aromatic N) is 4. The number of benzene rings is 1. The fourth-order valence-corrected chi connectivity index (χ4v) is 8.94. The highest BCUT2D eigenvalue weighted by molar-refractivity contribution is 7.17. The number of rotatable bonds is 8. The van der Waals surface area contributed by atoms with E-state index in [1.807, 2.05) is 31.2 Å². The molecule has 2 saturated heterocycles. The van der Waals surface area contributed by atoms with Gasteiger partial charge in [-0.15, -0.1) is 11.3 Å². The fraction of sp³-hybridized carbons (Fsp3) is 0.410. The largest absolute Gasteiger partial charge is 0.382 e. The van der Waals surface area contributed by atoms with Gasteiger partial charge in [0.25, 0.3) is 17.7 Å². The highest BCUT2D eigenvalue weighted by Gasteiger charge is 2.45. The van der Waals surface area contributed by atoms with Crippen LogP contribution in [0.25, 0.3) is 10.6 Å². The second-order valence-electron chi connectivity index (χ2n) is 14.4. The zero-order valence-electron chi connectivity index (χ0n) is 29.0. The van der Waals surface area contributed by atoms with Gasteiger partial charge in [0.15, 0.2) is 0 Å². The van der Waals surface area contributed by atoms with Crippen LogP contribution in [0.4, 0.5) is 17.2 Å². The number of hydrogen-bond acceptors (Lipinski definition) is 9. The summed E-state index contributed by atoms with van der Waals surface area (Å²) in [5.41, 5.74) is 4.88. The number of amides is 3. The summed E-state index contributed by atoms with van der Waals surface area (Å²) < 4.78 is 11.0. The smallest absolute Gasteiger partial charge is 0.261 e. The van der Waals surface area contributed by atoms with Gasteiger partial charge in [0, 0.05) is 69.0 Å². The molecule has 1 aromatic carbocycles. The van der Waals surface area contributed by atoms with Gasteiger partial charge in [-0.3, -0.25) is 19.4 Å². The second kappa shape index (κ2) is 13.5. The Morgan fingerprint density at radius 1 is 1.00 bits per heavy atom. The number of ether oxygens (including phenoxy) is 2. The summed E-state index contributed by atoms with van der Waals surface area (Å²) in [5, 5.41) is 6.25. The number of nitrogens with one attached hydrogen (secondary N) is 2. The summed E-state index contributed by atoms with van der Waals surface area (Å²) in [7, 11) is 1.66. The SMILES string of the molecule is COCC1(NC(=O)c2cc3c(s2)-c2ncccc2N(C(=O)c2ccc(NC(=O)c4cc(C)cnc4N4CC5(CCOCC5)C4)cc2)CC3)CCC1. The summed E-state index contributed by atoms with van der Waals surface area (Å²) >= 11 is 1.42. The maximum atomic E-state index is 14.0. The van der Waals surface area contributed by atoms with Crippen LogP contribution in [0, 0.1) is 12.3 Å². The standard InChI is InChI=1S/C39H42N6O5S/c1-25-19-29(34(41-21-25)44-22-38(23-44)13-17-50-18-14-38)35(46)42-28-8-6-26(7-9-28)37(48)45-16-10-27-20-31(36(47)43-39(24-49-2)11-4-12-39)51-33(27)32-30(45)5-3-15-40-32/h3,5-9,15,19-21H,4,10-14,16-18,22-24H2,1-2H3,(H,42,46)(H,43,47). The van der Waals surface area contributed by atoms with Crippen LogP contribution in [0.15, 0.2) is 60.9 Å². The van der Waals surface area contributed by atoms with E-state index >= 15 is 0 Å². The lowest BCUT2D eigenvalue weighted by molar-refractivity contribution is -0.000511. The summed E-state index contributed by atoms with van der Waals surface area (Å²) in [6.45, 7) is 6.19. The van der Waals surface area contributed by atoms with E-state index in [-0.39, 0.29) is 28.7 Å². The molecular formula is C39H42N6O5S. The minimum atomic E-state index is -0.297. The summed E-state index contributed by atoms with van der Waals surface area (Å²) in [4.78, 5) is 55.8. The third-order valence-electron chi connectivity index (χ3n) is 10.8. The number of aryl methyl sites for hydroxylation is 1. The van der Waals surface area contributed by atoms with Gasteiger partial charge < -0.3 is 29.9 Å². The Balaban J connectivity index is 0.966. The van der Waals surface area contributed by atoms with Gasteiger partial charge in [-0.25, -0.2) is 4.98 Å². The Kier molecular flexibility index (Phi) is 8.85. The van der Waals surface area contributed by atoms with Gasteiger partial charge in [0.1, 0.15) is 11.5 Å². The number of anilines is 3. The normalized spacial score (nSPS) is 18.5. The molecule has 0 atom stereocenters. The summed E-state index contributed by atoms with van der Waals surface area (Å²) in [6, 6.07) is 14.6. The number of carbonyl (C=O) groups is 3. The minimum absolute atomic E-state index is 0.0961. The summed E-state index contributed by atoms with van der Waals surface area (Å²) in [5.74, 6) is 0.208. The Morgan fingerprint density at radius 3 is 2.51 bits per heavy atom. The molecule has 4 aliphatic rings. The van der Waals surface area contributed by atoms with Crippen LogP contribution in [-0.4, -0.2) is 79.8 Å². The number of carbonyl (C=O) groups excluding carboxylic acids is 3. The van der Waals surface area contributed by atoms with Crippen molar-refractivity contribution in [3.8, 4) is 10.6 Å². The lowest BCUT2D eigenvalue weighted by Crippen LogP contribution is -2.59. The van der Waals surface area contributed by atoms with Crippen molar-refractivity contribution in [1.29, 1.82) is 0 Å². The number of methoxy groups -OCH3 is 1. The van der Waals surface area contributed by atoms with Crippen LogP contribution >= 0.6 is 11.3 Å². The van der Waals surface area contributed by atoms with Crippen molar-refractivity contribution in [1.82, 2.24) is 15.3 Å². The molecule has 3 aromatic heterocycles. The topological polar surface area (TPSA) is 126 Å². The van der Waals surface area contributed by atoms with Crippen LogP contribution in [0.5, 0.6) is 0 Å². The second-order valence-corrected chi connectivity index (χ2v) is 15.5. The predicted octanol–water partition coefficient (Wildman–Crippen LogP) is 5.88. The molecule has 4 aromatic rings. The van der Waals surface area contributed by atoms with E-state index in [9.17, 15) is 14.4 Å². The molecule has 3 fully saturated rings. The average molecular weight is 707 g/mol. The first-order valence-corrected chi connectivity index (χ1v) is 18.5. The maximum absolute atomic E-state index is 14.0. The number of thiophene rings is 1. The molecule has 3 amide bonds. The van der Waals surface area contributed by atoms with E-state index < -0.39 is 0 Å². The molecule has 11 nitrogen and oxygen atoms in total. The van der Waals surface area contributed by atoms with Crippen molar-refractivity contribution < 1.29 is 23.9 Å². The molecule has 2 N–H and O–H groups in total. The first-order valence-electron chi connectivity index (χ1n) is 17.7. The number of fused-ring (bicyclic) bond motifs is 3. The molecule has 1 spiro atoms. The van der Waals surface area contributed by atoms with Gasteiger partial charge >= 0.3 is 0 Å². The number of pyridine rings is 2. The highest BCUT2D eigenvalue weighted by Crippen LogP contribution is 2.43. The third-order valence-corrected chi connectivity index (χ3v) is 12.0. The number of hydrogen-bond donors (Lipinski definition) is 2. The predicted molar refractivity (Wildman–Crippen MR) is 197 cm³/mol. The third kappa shape index (κ3) is 6.41. The quantitative estimate of drug-likeness (QED) is 0.233. The monoisotopic (exact) mass is 706 g/mol. The van der Waals surface area contributed by atoms with E-state index in [0.717, 1.165) is 74.4 Å². The first-order chi connectivity index (χ1) is 24.8. The van der Waals surface area contributed by atoms with Gasteiger partial charge in [-0.05, 0) is 105 Å². The minimum Gasteiger partial charge on any atom is -0.382 e. The zero-order valence-corrected chi connectivity index (χ0v) is 29.8. The van der Waals surface area contributed by atoms with Crippen molar-refractivity contribution in [3.05, 3.63) is 88.1 Å². The molecule has 8 rings (SSSR count). The van der Waals surface area contributed by atoms with E-state index in [1.54, 1.807) is 48.7 Å². The van der Waals surface area contributed by atoms with Crippen LogP contribution in [0.2, 0.25) is 0 Å². The van der Waals surface area contributed by atoms with Crippen LogP contribution in [0.1, 0.15) is 73.6 Å². The number of aromatic nitrogens is 2. The Morgan fingerprint density at radius 2 is 1.78 bits per heavy atom. The van der Waals surface area contributed by atoms with Gasteiger partial charge in [-0.1, -0.05) is 0 Å². The Labute approximate surface area is 301 Å². The fourth-order valence-electron chi connectivity index (χ4n) is 7.83. The average Bonchev–Trinajstić information content (AvgIpc) is 3.48. The lowest BCUT2D eigenvalue weighted by atomic mass is 9.73. The maximum Gasteiger partial charge on any atom is 0.261 e. The van der Waals surface area contributed by atoms with Crippen molar-refractivity contribution in [2.45, 2.75) is 51.0 Å². The van der Waals surface area contributed by atoms with Crippen molar-refractivity contribution in [2.24, 2.45) is 5.41 Å². The summed E-state index contributed by atoms with van der Waals surface area (Å²) in [6.07, 6.45) is 9.07. The first kappa shape index (κ1) is 33.5. The molecule has 1 saturated carbocycles. The van der Waals surface area contributed by atoms with Crippen LogP contribution in [-0.2, 0) is 15.9 Å². The van der Waals surface area contributed by atoms with E-state index in [0.29, 0.717) is 58.5 Å². The van der Waals surface area contributed by atoms with Gasteiger partial charge in [0.2, 0.25) is 0 Å². The Bertz CT molecular complexity index is 1980. The molecule has 0 bridgehead atoms. The molecule has 6 heterocycles. The van der Waals surface area contributed by atoms with Crippen molar-refractivity contribution >= 4 is 46.3 Å². The molecule has 264 valence electrons.